The van der Waals surface area contributed by atoms with Crippen LogP contribution in [0.15, 0.2) is 30.4 Å². The van der Waals surface area contributed by atoms with Gasteiger partial charge in [0.15, 0.2) is 0 Å². The first-order valence-corrected chi connectivity index (χ1v) is 5.07. The molecule has 0 aliphatic rings. The van der Waals surface area contributed by atoms with E-state index in [1.54, 1.807) is 0 Å². The lowest BCUT2D eigenvalue weighted by Crippen LogP contribution is -2.10. The van der Waals surface area contributed by atoms with E-state index in [1.165, 1.54) is 25.3 Å². The number of aromatic carboxylic acids is 1. The van der Waals surface area contributed by atoms with Gasteiger partial charge in [-0.15, -0.1) is 0 Å². The predicted molar refractivity (Wildman–Crippen MR) is 65.4 cm³/mol. The van der Waals surface area contributed by atoms with E-state index in [-0.39, 0.29) is 17.0 Å². The van der Waals surface area contributed by atoms with Crippen LogP contribution in [-0.4, -0.2) is 35.2 Å². The summed E-state index contributed by atoms with van der Waals surface area (Å²) in [6.45, 7) is 0. The Morgan fingerprint density at radius 3 is 2.42 bits per heavy atom. The number of aliphatic carboxylic acids is 1. The van der Waals surface area contributed by atoms with Gasteiger partial charge in [0.2, 0.25) is 5.91 Å². The number of rotatable bonds is 5. The summed E-state index contributed by atoms with van der Waals surface area (Å²) in [7, 11) is 1.36. The zero-order chi connectivity index (χ0) is 14.4. The van der Waals surface area contributed by atoms with Crippen LogP contribution in [0, 0.1) is 0 Å². The molecule has 0 heterocycles. The van der Waals surface area contributed by atoms with E-state index in [2.05, 4.69) is 5.32 Å². The monoisotopic (exact) mass is 265 g/mol. The van der Waals surface area contributed by atoms with Crippen molar-refractivity contribution in [1.29, 1.82) is 0 Å². The summed E-state index contributed by atoms with van der Waals surface area (Å²) in [4.78, 5) is 32.5. The minimum absolute atomic E-state index is 0.0293. The third-order valence-corrected chi connectivity index (χ3v) is 2.08. The second kappa shape index (κ2) is 6.20. The second-order valence-corrected chi connectivity index (χ2v) is 3.38. The van der Waals surface area contributed by atoms with Gasteiger partial charge in [0.1, 0.15) is 5.75 Å². The highest BCUT2D eigenvalue weighted by Crippen LogP contribution is 2.25. The standard InChI is InChI=1S/C12H11NO6/c1-19-9-3-2-7(12(17)18)6-8(9)13-10(14)4-5-11(15)16/h2-6H,1H3,(H,13,14)(H,15,16)(H,17,18)/b5-4+. The Balaban J connectivity index is 2.98. The molecule has 0 fully saturated rings. The molecule has 7 nitrogen and oxygen atoms in total. The first kappa shape index (κ1) is 14.2. The lowest BCUT2D eigenvalue weighted by Gasteiger charge is -2.09. The van der Waals surface area contributed by atoms with Gasteiger partial charge in [-0.2, -0.15) is 0 Å². The van der Waals surface area contributed by atoms with Crippen LogP contribution in [0.5, 0.6) is 5.75 Å². The van der Waals surface area contributed by atoms with Crippen molar-refractivity contribution in [3.63, 3.8) is 0 Å². The Bertz CT molecular complexity index is 549. The van der Waals surface area contributed by atoms with Crippen LogP contribution in [0.4, 0.5) is 5.69 Å². The Hall–Kier alpha value is -2.83. The first-order chi connectivity index (χ1) is 8.93. The van der Waals surface area contributed by atoms with Crippen LogP contribution < -0.4 is 10.1 Å². The quantitative estimate of drug-likeness (QED) is 0.684. The minimum Gasteiger partial charge on any atom is -0.495 e. The van der Waals surface area contributed by atoms with Crippen LogP contribution >= 0.6 is 0 Å². The van der Waals surface area contributed by atoms with Gasteiger partial charge in [-0.05, 0) is 18.2 Å². The van der Waals surface area contributed by atoms with E-state index in [0.717, 1.165) is 6.08 Å². The summed E-state index contributed by atoms with van der Waals surface area (Å²) < 4.78 is 4.96. The van der Waals surface area contributed by atoms with Gasteiger partial charge < -0.3 is 20.3 Å². The third-order valence-electron chi connectivity index (χ3n) is 2.08. The molecule has 0 atom stereocenters. The zero-order valence-electron chi connectivity index (χ0n) is 9.91. The highest BCUT2D eigenvalue weighted by molar-refractivity contribution is 6.03. The van der Waals surface area contributed by atoms with E-state index in [1.807, 2.05) is 0 Å². The van der Waals surface area contributed by atoms with E-state index >= 15 is 0 Å². The predicted octanol–water partition coefficient (Wildman–Crippen LogP) is 0.973. The van der Waals surface area contributed by atoms with Gasteiger partial charge in [-0.3, -0.25) is 4.79 Å². The molecule has 0 unspecified atom stereocenters. The fraction of sp³-hybridized carbons (Fsp3) is 0.0833. The molecule has 0 saturated carbocycles. The Kier molecular flexibility index (Phi) is 4.64. The van der Waals surface area contributed by atoms with Crippen molar-refractivity contribution in [2.24, 2.45) is 0 Å². The fourth-order valence-corrected chi connectivity index (χ4v) is 1.26. The molecule has 0 saturated heterocycles. The number of carbonyl (C=O) groups is 3. The molecule has 0 aliphatic carbocycles. The second-order valence-electron chi connectivity index (χ2n) is 3.38. The van der Waals surface area contributed by atoms with Crippen LogP contribution in [-0.2, 0) is 9.59 Å². The SMILES string of the molecule is COc1ccc(C(=O)O)cc1NC(=O)/C=C/C(=O)O. The average molecular weight is 265 g/mol. The molecule has 1 aromatic carbocycles. The van der Waals surface area contributed by atoms with E-state index in [9.17, 15) is 14.4 Å². The van der Waals surface area contributed by atoms with Gasteiger partial charge >= 0.3 is 11.9 Å². The number of benzene rings is 1. The highest BCUT2D eigenvalue weighted by atomic mass is 16.5. The Labute approximate surface area is 108 Å². The van der Waals surface area contributed by atoms with Crippen molar-refractivity contribution in [2.75, 3.05) is 12.4 Å². The van der Waals surface area contributed by atoms with E-state index in [0.29, 0.717) is 6.08 Å². The molecular formula is C12H11NO6. The van der Waals surface area contributed by atoms with Gasteiger partial charge in [-0.1, -0.05) is 0 Å². The molecule has 0 bridgehead atoms. The summed E-state index contributed by atoms with van der Waals surface area (Å²) in [5, 5.41) is 19.5. The summed E-state index contributed by atoms with van der Waals surface area (Å²) in [6, 6.07) is 3.93. The number of amides is 1. The highest BCUT2D eigenvalue weighted by Gasteiger charge is 2.10. The fourth-order valence-electron chi connectivity index (χ4n) is 1.26. The smallest absolute Gasteiger partial charge is 0.335 e. The molecule has 7 heteroatoms. The lowest BCUT2D eigenvalue weighted by atomic mass is 10.2. The minimum atomic E-state index is -1.26. The van der Waals surface area contributed by atoms with Gasteiger partial charge in [0.05, 0.1) is 18.4 Å². The van der Waals surface area contributed by atoms with E-state index < -0.39 is 17.8 Å². The van der Waals surface area contributed by atoms with Crippen LogP contribution in [0.3, 0.4) is 0 Å². The largest absolute Gasteiger partial charge is 0.495 e. The number of hydrogen-bond acceptors (Lipinski definition) is 4. The molecule has 0 radical (unpaired) electrons. The summed E-state index contributed by atoms with van der Waals surface area (Å²) in [5.41, 5.74) is 0.112. The Morgan fingerprint density at radius 2 is 1.89 bits per heavy atom. The maximum atomic E-state index is 11.4. The number of hydrogen-bond donors (Lipinski definition) is 3. The summed E-state index contributed by atoms with van der Waals surface area (Å²) in [5.74, 6) is -2.86. The molecule has 1 aromatic rings. The molecule has 1 amide bonds. The van der Waals surface area contributed by atoms with Crippen molar-refractivity contribution in [2.45, 2.75) is 0 Å². The summed E-state index contributed by atoms with van der Waals surface area (Å²) in [6.07, 6.45) is 1.48. The van der Waals surface area contributed by atoms with Crippen molar-refractivity contribution < 1.29 is 29.3 Å². The van der Waals surface area contributed by atoms with Crippen LogP contribution in [0.1, 0.15) is 10.4 Å². The van der Waals surface area contributed by atoms with Crippen molar-refractivity contribution >= 4 is 23.5 Å². The number of anilines is 1. The summed E-state index contributed by atoms with van der Waals surface area (Å²) >= 11 is 0. The van der Waals surface area contributed by atoms with Gasteiger partial charge in [-0.25, -0.2) is 9.59 Å². The number of methoxy groups -OCH3 is 1. The molecule has 1 rings (SSSR count). The van der Waals surface area contributed by atoms with Crippen LogP contribution in [0.2, 0.25) is 0 Å². The lowest BCUT2D eigenvalue weighted by molar-refractivity contribution is -0.131. The Morgan fingerprint density at radius 1 is 1.21 bits per heavy atom. The molecule has 19 heavy (non-hydrogen) atoms. The van der Waals surface area contributed by atoms with Crippen molar-refractivity contribution in [1.82, 2.24) is 0 Å². The molecule has 0 spiro atoms. The molecule has 0 aromatic heterocycles. The van der Waals surface area contributed by atoms with E-state index in [4.69, 9.17) is 14.9 Å². The van der Waals surface area contributed by atoms with Crippen LogP contribution in [0.25, 0.3) is 0 Å². The van der Waals surface area contributed by atoms with Crippen molar-refractivity contribution in [3.8, 4) is 5.75 Å². The molecule has 3 N–H and O–H groups in total. The first-order valence-electron chi connectivity index (χ1n) is 5.07. The number of nitrogens with one attached hydrogen (secondary N) is 1. The molecular weight excluding hydrogens is 254 g/mol. The van der Waals surface area contributed by atoms with Gasteiger partial charge in [0, 0.05) is 12.2 Å². The normalized spacial score (nSPS) is 10.2. The number of ether oxygens (including phenoxy) is 1. The zero-order valence-corrected chi connectivity index (χ0v) is 9.91. The maximum absolute atomic E-state index is 11.4. The number of carboxylic acids is 2. The van der Waals surface area contributed by atoms with Gasteiger partial charge in [0.25, 0.3) is 0 Å². The number of carbonyl (C=O) groups excluding carboxylic acids is 1. The molecule has 100 valence electrons. The molecule has 0 aliphatic heterocycles. The maximum Gasteiger partial charge on any atom is 0.335 e. The van der Waals surface area contributed by atoms with Crippen molar-refractivity contribution in [3.05, 3.63) is 35.9 Å². The third kappa shape index (κ3) is 4.15. The average Bonchev–Trinajstić information content (AvgIpc) is 2.36. The number of carboxylic acid groups (broad SMARTS) is 2. The topological polar surface area (TPSA) is 113 Å².